The molecule has 9 heteroatoms. The Kier molecular flexibility index (Phi) is 8.36. The fourth-order valence-corrected chi connectivity index (χ4v) is 5.70. The average Bonchev–Trinajstić information content (AvgIpc) is 3.23. The van der Waals surface area contributed by atoms with Crippen LogP contribution in [0, 0.1) is 0 Å². The summed E-state index contributed by atoms with van der Waals surface area (Å²) < 4.78 is 18.4. The van der Waals surface area contributed by atoms with Crippen molar-refractivity contribution in [1.29, 1.82) is 0 Å². The highest BCUT2D eigenvalue weighted by Crippen LogP contribution is 2.36. The Balaban J connectivity index is 1.88. The Bertz CT molecular complexity index is 1530. The normalized spacial score (nSPS) is 15.1. The van der Waals surface area contributed by atoms with Crippen molar-refractivity contribution in [3.05, 3.63) is 84.5 Å². The fraction of sp³-hybridized carbons (Fsp3) is 0.345. The number of rotatable bonds is 9. The van der Waals surface area contributed by atoms with Crippen molar-refractivity contribution in [2.75, 3.05) is 38.8 Å². The van der Waals surface area contributed by atoms with Crippen molar-refractivity contribution in [2.24, 2.45) is 4.99 Å². The molecule has 1 aliphatic rings. The van der Waals surface area contributed by atoms with Crippen LogP contribution in [0.25, 0.3) is 6.08 Å². The molecule has 0 amide bonds. The van der Waals surface area contributed by atoms with Crippen molar-refractivity contribution >= 4 is 29.1 Å². The number of carbonyl (C=O) groups is 1. The smallest absolute Gasteiger partial charge is 0.338 e. The van der Waals surface area contributed by atoms with E-state index < -0.39 is 12.0 Å². The van der Waals surface area contributed by atoms with E-state index in [1.165, 1.54) is 11.3 Å². The van der Waals surface area contributed by atoms with Gasteiger partial charge in [0.15, 0.2) is 16.3 Å². The number of methoxy groups -OCH3 is 2. The summed E-state index contributed by atoms with van der Waals surface area (Å²) in [5.41, 5.74) is 3.35. The van der Waals surface area contributed by atoms with Gasteiger partial charge < -0.3 is 19.1 Å². The van der Waals surface area contributed by atoms with Gasteiger partial charge in [-0.3, -0.25) is 9.36 Å². The molecule has 8 nitrogen and oxygen atoms in total. The van der Waals surface area contributed by atoms with E-state index in [2.05, 4.69) is 35.9 Å². The number of ether oxygens (including phenoxy) is 3. The lowest BCUT2D eigenvalue weighted by Gasteiger charge is -2.25. The van der Waals surface area contributed by atoms with E-state index in [1.54, 1.807) is 44.8 Å². The Labute approximate surface area is 226 Å². The zero-order valence-corrected chi connectivity index (χ0v) is 23.4. The maximum absolute atomic E-state index is 13.8. The Morgan fingerprint density at radius 1 is 1.05 bits per heavy atom. The van der Waals surface area contributed by atoms with E-state index in [1.807, 2.05) is 24.3 Å². The van der Waals surface area contributed by atoms with E-state index in [0.29, 0.717) is 37.7 Å². The van der Waals surface area contributed by atoms with Crippen molar-refractivity contribution < 1.29 is 19.0 Å². The predicted octanol–water partition coefficient (Wildman–Crippen LogP) is 3.66. The molecule has 2 aromatic carbocycles. The number of anilines is 1. The van der Waals surface area contributed by atoms with E-state index >= 15 is 0 Å². The highest BCUT2D eigenvalue weighted by Gasteiger charge is 2.33. The van der Waals surface area contributed by atoms with Gasteiger partial charge in [0.1, 0.15) is 0 Å². The highest BCUT2D eigenvalue weighted by atomic mass is 32.1. The number of thiazole rings is 1. The zero-order chi connectivity index (χ0) is 27.4. The number of esters is 1. The summed E-state index contributed by atoms with van der Waals surface area (Å²) in [5.74, 6) is 0.545. The van der Waals surface area contributed by atoms with Crippen molar-refractivity contribution in [2.45, 2.75) is 33.7 Å². The van der Waals surface area contributed by atoms with Crippen LogP contribution >= 0.6 is 11.3 Å². The first-order chi connectivity index (χ1) is 18.4. The molecule has 200 valence electrons. The lowest BCUT2D eigenvalue weighted by molar-refractivity contribution is -0.139. The minimum Gasteiger partial charge on any atom is -0.493 e. The van der Waals surface area contributed by atoms with Crippen LogP contribution in [0.4, 0.5) is 5.69 Å². The summed E-state index contributed by atoms with van der Waals surface area (Å²) in [6.45, 7) is 9.82. The van der Waals surface area contributed by atoms with Gasteiger partial charge in [-0.05, 0) is 69.2 Å². The molecule has 2 heterocycles. The number of nitrogens with zero attached hydrogens (tertiary/aromatic N) is 3. The first-order valence-corrected chi connectivity index (χ1v) is 13.4. The lowest BCUT2D eigenvalue weighted by Crippen LogP contribution is -2.40. The molecule has 1 aliphatic heterocycles. The van der Waals surface area contributed by atoms with Gasteiger partial charge in [-0.15, -0.1) is 0 Å². The highest BCUT2D eigenvalue weighted by molar-refractivity contribution is 7.07. The van der Waals surface area contributed by atoms with Crippen LogP contribution < -0.4 is 29.3 Å². The molecule has 0 bridgehead atoms. The summed E-state index contributed by atoms with van der Waals surface area (Å²) in [6.07, 6.45) is 1.87. The van der Waals surface area contributed by atoms with Crippen molar-refractivity contribution in [1.82, 2.24) is 4.57 Å². The lowest BCUT2D eigenvalue weighted by atomic mass is 9.95. The summed E-state index contributed by atoms with van der Waals surface area (Å²) in [4.78, 5) is 34.4. The number of aromatic nitrogens is 1. The molecular formula is C29H33N3O5S. The molecule has 0 fully saturated rings. The van der Waals surface area contributed by atoms with E-state index in [4.69, 9.17) is 14.2 Å². The van der Waals surface area contributed by atoms with E-state index in [-0.39, 0.29) is 12.2 Å². The number of fused-ring (bicyclic) bond motifs is 1. The van der Waals surface area contributed by atoms with Crippen LogP contribution in [0.1, 0.15) is 44.9 Å². The van der Waals surface area contributed by atoms with Crippen molar-refractivity contribution in [3.8, 4) is 11.5 Å². The minimum absolute atomic E-state index is 0.210. The molecule has 3 aromatic rings. The van der Waals surface area contributed by atoms with Crippen molar-refractivity contribution in [3.63, 3.8) is 0 Å². The molecule has 0 spiro atoms. The maximum Gasteiger partial charge on any atom is 0.338 e. The Morgan fingerprint density at radius 3 is 2.34 bits per heavy atom. The van der Waals surface area contributed by atoms with E-state index in [9.17, 15) is 9.59 Å². The maximum atomic E-state index is 13.8. The van der Waals surface area contributed by atoms with Crippen LogP contribution in [0.5, 0.6) is 11.5 Å². The Morgan fingerprint density at radius 2 is 1.74 bits per heavy atom. The third kappa shape index (κ3) is 5.11. The first-order valence-electron chi connectivity index (χ1n) is 12.6. The van der Waals surface area contributed by atoms with Crippen LogP contribution in [0.2, 0.25) is 0 Å². The second kappa shape index (κ2) is 11.7. The fourth-order valence-electron chi connectivity index (χ4n) is 4.65. The molecule has 1 unspecified atom stereocenters. The summed E-state index contributed by atoms with van der Waals surface area (Å²) in [5, 5.41) is 0. The van der Waals surface area contributed by atoms with Gasteiger partial charge in [0.2, 0.25) is 0 Å². The van der Waals surface area contributed by atoms with Crippen LogP contribution in [0.15, 0.2) is 63.5 Å². The van der Waals surface area contributed by atoms with Gasteiger partial charge in [0.25, 0.3) is 5.56 Å². The quantitative estimate of drug-likeness (QED) is 0.389. The molecule has 0 aliphatic carbocycles. The molecule has 0 radical (unpaired) electrons. The number of benzene rings is 2. The summed E-state index contributed by atoms with van der Waals surface area (Å²) >= 11 is 1.30. The Hall–Kier alpha value is -3.85. The number of hydrogen-bond acceptors (Lipinski definition) is 8. The van der Waals surface area contributed by atoms with Gasteiger partial charge >= 0.3 is 5.97 Å². The van der Waals surface area contributed by atoms with Gasteiger partial charge in [0.05, 0.1) is 42.7 Å². The SMILES string of the molecule is CCOC(=O)C1=C(C)N=c2s/c(=C/c3ccc(N(CC)CC)cc3)c(=O)n2C1c1ccc(OC)c(OC)c1. The molecule has 0 saturated heterocycles. The topological polar surface area (TPSA) is 82.4 Å². The monoisotopic (exact) mass is 535 g/mol. The summed E-state index contributed by atoms with van der Waals surface area (Å²) in [7, 11) is 3.11. The largest absolute Gasteiger partial charge is 0.493 e. The third-order valence-corrected chi connectivity index (χ3v) is 7.54. The van der Waals surface area contributed by atoms with Gasteiger partial charge in [0, 0.05) is 18.8 Å². The molecule has 4 rings (SSSR count). The predicted molar refractivity (Wildman–Crippen MR) is 150 cm³/mol. The number of hydrogen-bond donors (Lipinski definition) is 0. The zero-order valence-electron chi connectivity index (χ0n) is 22.6. The van der Waals surface area contributed by atoms with Gasteiger partial charge in [-0.2, -0.15) is 0 Å². The van der Waals surface area contributed by atoms with E-state index in [0.717, 1.165) is 24.3 Å². The third-order valence-electron chi connectivity index (χ3n) is 6.56. The summed E-state index contributed by atoms with van der Waals surface area (Å²) in [6, 6.07) is 12.8. The number of carbonyl (C=O) groups excluding carboxylic acids is 1. The van der Waals surface area contributed by atoms with Crippen LogP contribution in [0.3, 0.4) is 0 Å². The van der Waals surface area contributed by atoms with Gasteiger partial charge in [-0.1, -0.05) is 29.5 Å². The molecule has 0 saturated carbocycles. The molecule has 1 aromatic heterocycles. The molecular weight excluding hydrogens is 502 g/mol. The minimum atomic E-state index is -0.725. The molecule has 0 N–H and O–H groups in total. The van der Waals surface area contributed by atoms with Gasteiger partial charge in [-0.25, -0.2) is 9.79 Å². The standard InChI is InChI=1S/C29H33N3O5S/c1-7-31(8-2)21-13-10-19(11-14-21)16-24-27(33)32-26(20-12-15-22(35-5)23(17-20)36-6)25(28(34)37-9-3)18(4)30-29(32)38-24/h10-17,26H,7-9H2,1-6H3/b24-16+. The second-order valence-corrected chi connectivity index (χ2v) is 9.69. The van der Waals surface area contributed by atoms with Crippen LogP contribution in [-0.2, 0) is 9.53 Å². The second-order valence-electron chi connectivity index (χ2n) is 8.68. The number of allylic oxidation sites excluding steroid dienone is 1. The average molecular weight is 536 g/mol. The molecule has 1 atom stereocenters. The first kappa shape index (κ1) is 27.2. The van der Waals surface area contributed by atoms with Crippen LogP contribution in [-0.4, -0.2) is 44.5 Å². The molecule has 38 heavy (non-hydrogen) atoms.